The van der Waals surface area contributed by atoms with Gasteiger partial charge in [0, 0.05) is 18.1 Å². The Hall–Kier alpha value is -3.15. The summed E-state index contributed by atoms with van der Waals surface area (Å²) in [5, 5.41) is 5.59. The lowest BCUT2D eigenvalue weighted by atomic mass is 10.1. The van der Waals surface area contributed by atoms with E-state index in [1.807, 2.05) is 61.9 Å². The largest absolute Gasteiger partial charge is 0.323 e. The molecule has 0 saturated heterocycles. The number of benzene rings is 1. The van der Waals surface area contributed by atoms with Crippen LogP contribution in [0.4, 0.5) is 16.2 Å². The molecule has 6 heteroatoms. The summed E-state index contributed by atoms with van der Waals surface area (Å²) < 4.78 is 1.87. The normalized spacial score (nSPS) is 10.5. The van der Waals surface area contributed by atoms with E-state index in [4.69, 9.17) is 0 Å². The Labute approximate surface area is 140 Å². The minimum Gasteiger partial charge on any atom is -0.308 e. The topological polar surface area (TPSA) is 71.8 Å². The number of carbonyl (C=O) groups excluding carboxylic acids is 1. The predicted molar refractivity (Wildman–Crippen MR) is 94.7 cm³/mol. The lowest BCUT2D eigenvalue weighted by Gasteiger charge is -2.10. The lowest BCUT2D eigenvalue weighted by Crippen LogP contribution is -2.19. The van der Waals surface area contributed by atoms with Gasteiger partial charge in [0.2, 0.25) is 0 Å². The molecule has 0 fully saturated rings. The van der Waals surface area contributed by atoms with Gasteiger partial charge in [-0.25, -0.2) is 14.8 Å². The number of nitrogens with zero attached hydrogens (tertiary/aromatic N) is 3. The van der Waals surface area contributed by atoms with Crippen molar-refractivity contribution in [2.24, 2.45) is 0 Å². The molecule has 0 spiro atoms. The van der Waals surface area contributed by atoms with Crippen molar-refractivity contribution in [3.05, 3.63) is 65.9 Å². The van der Waals surface area contributed by atoms with Crippen molar-refractivity contribution in [3.63, 3.8) is 0 Å². The molecule has 6 nitrogen and oxygen atoms in total. The van der Waals surface area contributed by atoms with Gasteiger partial charge in [-0.05, 0) is 56.2 Å². The molecule has 0 bridgehead atoms. The third-order valence-corrected chi connectivity index (χ3v) is 3.84. The van der Waals surface area contributed by atoms with Crippen LogP contribution in [0.15, 0.2) is 48.9 Å². The molecule has 0 atom stereocenters. The van der Waals surface area contributed by atoms with Gasteiger partial charge in [-0.2, -0.15) is 0 Å². The van der Waals surface area contributed by atoms with E-state index in [9.17, 15) is 4.79 Å². The Morgan fingerprint density at radius 2 is 1.71 bits per heavy atom. The maximum Gasteiger partial charge on any atom is 0.323 e. The first-order valence-corrected chi connectivity index (χ1v) is 7.64. The van der Waals surface area contributed by atoms with Gasteiger partial charge >= 0.3 is 6.03 Å². The number of aromatic nitrogens is 3. The first kappa shape index (κ1) is 15.7. The minimum absolute atomic E-state index is 0.299. The van der Waals surface area contributed by atoms with E-state index in [0.717, 1.165) is 22.9 Å². The third kappa shape index (κ3) is 3.43. The molecular formula is C18H19N5O. The Balaban J connectivity index is 1.66. The first-order valence-electron chi connectivity index (χ1n) is 7.64. The summed E-state index contributed by atoms with van der Waals surface area (Å²) in [6.45, 7) is 5.96. The van der Waals surface area contributed by atoms with Gasteiger partial charge < -0.3 is 10.6 Å². The summed E-state index contributed by atoms with van der Waals surface area (Å²) in [5.74, 6) is 1.61. The molecule has 2 aromatic heterocycles. The van der Waals surface area contributed by atoms with Crippen LogP contribution < -0.4 is 10.6 Å². The van der Waals surface area contributed by atoms with E-state index in [2.05, 4.69) is 20.6 Å². The molecular weight excluding hydrogens is 302 g/mol. The van der Waals surface area contributed by atoms with E-state index in [1.54, 1.807) is 12.4 Å². The van der Waals surface area contributed by atoms with Crippen LogP contribution in [0.5, 0.6) is 0 Å². The zero-order chi connectivity index (χ0) is 17.1. The maximum absolute atomic E-state index is 12.1. The van der Waals surface area contributed by atoms with E-state index >= 15 is 0 Å². The maximum atomic E-state index is 12.1. The fourth-order valence-electron chi connectivity index (χ4n) is 2.34. The number of carbonyl (C=O) groups is 1. The van der Waals surface area contributed by atoms with Gasteiger partial charge in [0.1, 0.15) is 11.6 Å². The molecule has 0 aliphatic heterocycles. The number of hydrogen-bond acceptors (Lipinski definition) is 3. The van der Waals surface area contributed by atoms with Gasteiger partial charge in [0.15, 0.2) is 0 Å². The number of hydrogen-bond donors (Lipinski definition) is 2. The lowest BCUT2D eigenvalue weighted by molar-refractivity contribution is 0.262. The molecule has 2 amide bonds. The molecule has 24 heavy (non-hydrogen) atoms. The highest BCUT2D eigenvalue weighted by Crippen LogP contribution is 2.15. The molecule has 0 saturated carbocycles. The summed E-state index contributed by atoms with van der Waals surface area (Å²) in [4.78, 5) is 20.6. The van der Waals surface area contributed by atoms with Gasteiger partial charge in [0.05, 0.1) is 11.9 Å². The number of nitrogens with one attached hydrogen (secondary N) is 2. The molecule has 2 heterocycles. The highest BCUT2D eigenvalue weighted by molar-refractivity contribution is 5.99. The van der Waals surface area contributed by atoms with Crippen LogP contribution in [0.1, 0.15) is 17.0 Å². The van der Waals surface area contributed by atoms with Crippen molar-refractivity contribution < 1.29 is 4.79 Å². The second-order valence-corrected chi connectivity index (χ2v) is 5.63. The van der Waals surface area contributed by atoms with Crippen LogP contribution in [0, 0.1) is 20.8 Å². The summed E-state index contributed by atoms with van der Waals surface area (Å²) in [7, 11) is 0. The number of aryl methyl sites for hydroxylation is 3. The van der Waals surface area contributed by atoms with Gasteiger partial charge in [-0.1, -0.05) is 6.07 Å². The average Bonchev–Trinajstić information content (AvgIpc) is 2.98. The van der Waals surface area contributed by atoms with Crippen molar-refractivity contribution in [2.75, 3.05) is 10.6 Å². The number of rotatable bonds is 3. The van der Waals surface area contributed by atoms with Gasteiger partial charge in [0.25, 0.3) is 0 Å². The minimum atomic E-state index is -0.299. The molecule has 3 aromatic rings. The Morgan fingerprint density at radius 1 is 0.958 bits per heavy atom. The van der Waals surface area contributed by atoms with Crippen LogP contribution in [0.3, 0.4) is 0 Å². The van der Waals surface area contributed by atoms with Crippen molar-refractivity contribution in [3.8, 4) is 5.82 Å². The fraction of sp³-hybridized carbons (Fsp3) is 0.167. The summed E-state index contributed by atoms with van der Waals surface area (Å²) in [5.41, 5.74) is 3.71. The number of imidazole rings is 1. The van der Waals surface area contributed by atoms with E-state index in [-0.39, 0.29) is 6.03 Å². The summed E-state index contributed by atoms with van der Waals surface area (Å²) in [6.07, 6.45) is 5.19. The molecule has 0 aliphatic carbocycles. The van der Waals surface area contributed by atoms with Crippen molar-refractivity contribution in [2.45, 2.75) is 20.8 Å². The Bertz CT molecular complexity index is 867. The van der Waals surface area contributed by atoms with Crippen molar-refractivity contribution in [1.82, 2.24) is 14.5 Å². The second kappa shape index (κ2) is 6.54. The van der Waals surface area contributed by atoms with Crippen molar-refractivity contribution >= 4 is 17.4 Å². The van der Waals surface area contributed by atoms with Crippen molar-refractivity contribution in [1.29, 1.82) is 0 Å². The smallest absolute Gasteiger partial charge is 0.308 e. The number of amides is 2. The zero-order valence-corrected chi connectivity index (χ0v) is 13.9. The van der Waals surface area contributed by atoms with Crippen LogP contribution >= 0.6 is 0 Å². The molecule has 0 aliphatic rings. The molecule has 122 valence electrons. The highest BCUT2D eigenvalue weighted by atomic mass is 16.2. The Kier molecular flexibility index (Phi) is 4.29. The first-order chi connectivity index (χ1) is 11.5. The van der Waals surface area contributed by atoms with E-state index in [0.29, 0.717) is 5.69 Å². The van der Waals surface area contributed by atoms with Gasteiger partial charge in [-0.3, -0.25) is 4.57 Å². The van der Waals surface area contributed by atoms with E-state index in [1.165, 1.54) is 5.56 Å². The predicted octanol–water partition coefficient (Wildman–Crippen LogP) is 3.84. The SMILES string of the molecule is Cc1ccc(NC(=O)Nc2ccc(-n3ccnc3C)nc2)cc1C. The van der Waals surface area contributed by atoms with Crippen LogP contribution in [0.2, 0.25) is 0 Å². The van der Waals surface area contributed by atoms with Crippen LogP contribution in [0.25, 0.3) is 5.82 Å². The Morgan fingerprint density at radius 3 is 2.33 bits per heavy atom. The molecule has 0 unspecified atom stereocenters. The summed E-state index contributed by atoms with van der Waals surface area (Å²) in [6, 6.07) is 9.14. The molecule has 2 N–H and O–H groups in total. The number of urea groups is 1. The molecule has 1 aromatic carbocycles. The second-order valence-electron chi connectivity index (χ2n) is 5.63. The number of anilines is 2. The van der Waals surface area contributed by atoms with Gasteiger partial charge in [-0.15, -0.1) is 0 Å². The van der Waals surface area contributed by atoms with Crippen LogP contribution in [-0.4, -0.2) is 20.6 Å². The zero-order valence-electron chi connectivity index (χ0n) is 13.9. The quantitative estimate of drug-likeness (QED) is 0.770. The number of pyridine rings is 1. The highest BCUT2D eigenvalue weighted by Gasteiger charge is 2.06. The van der Waals surface area contributed by atoms with E-state index < -0.39 is 0 Å². The van der Waals surface area contributed by atoms with Crippen LogP contribution in [-0.2, 0) is 0 Å². The summed E-state index contributed by atoms with van der Waals surface area (Å²) >= 11 is 0. The monoisotopic (exact) mass is 321 g/mol. The molecule has 0 radical (unpaired) electrons. The molecule has 3 rings (SSSR count). The standard InChI is InChI=1S/C18H19N5O/c1-12-4-5-15(10-13(12)2)21-18(24)22-16-6-7-17(20-11-16)23-9-8-19-14(23)3/h4-11H,1-3H3,(H2,21,22,24). The average molecular weight is 321 g/mol. The fourth-order valence-corrected chi connectivity index (χ4v) is 2.34. The third-order valence-electron chi connectivity index (χ3n) is 3.84.